The van der Waals surface area contributed by atoms with Crippen molar-refractivity contribution in [1.82, 2.24) is 0 Å². The molecule has 0 radical (unpaired) electrons. The van der Waals surface area contributed by atoms with E-state index in [0.717, 1.165) is 53.2 Å². The lowest BCUT2D eigenvalue weighted by Crippen LogP contribution is -2.40. The van der Waals surface area contributed by atoms with E-state index in [4.69, 9.17) is 18.9 Å². The highest BCUT2D eigenvalue weighted by Crippen LogP contribution is 2.46. The summed E-state index contributed by atoms with van der Waals surface area (Å²) in [7, 11) is 3.37. The third-order valence-electron chi connectivity index (χ3n) is 7.66. The highest BCUT2D eigenvalue weighted by Gasteiger charge is 2.33. The number of aryl methyl sites for hydroxylation is 1. The molecule has 5 aromatic rings. The fourth-order valence-electron chi connectivity index (χ4n) is 5.85. The third kappa shape index (κ3) is 3.66. The van der Waals surface area contributed by atoms with E-state index in [-0.39, 0.29) is 6.79 Å². The molecule has 0 atom stereocenters. The minimum Gasteiger partial charge on any atom is -0.493 e. The maximum Gasteiger partial charge on any atom is 0.231 e. The first-order chi connectivity index (χ1) is 18.7. The van der Waals surface area contributed by atoms with E-state index < -0.39 is 0 Å². The van der Waals surface area contributed by atoms with Crippen LogP contribution in [0.25, 0.3) is 33.2 Å². The number of hydrogen-bond acceptors (Lipinski definition) is 4. The average molecular weight is 503 g/mol. The van der Waals surface area contributed by atoms with Gasteiger partial charge < -0.3 is 18.9 Å². The van der Waals surface area contributed by atoms with Gasteiger partial charge in [0.1, 0.15) is 0 Å². The molecule has 2 aliphatic rings. The Morgan fingerprint density at radius 2 is 1.66 bits per heavy atom. The Bertz CT molecular complexity index is 1680. The van der Waals surface area contributed by atoms with E-state index in [1.54, 1.807) is 14.2 Å². The largest absolute Gasteiger partial charge is 0.493 e. The second-order valence-corrected chi connectivity index (χ2v) is 9.77. The zero-order valence-electron chi connectivity index (χ0n) is 21.5. The first kappa shape index (κ1) is 22.7. The van der Waals surface area contributed by atoms with E-state index in [9.17, 15) is 0 Å². The van der Waals surface area contributed by atoms with Gasteiger partial charge in [-0.1, -0.05) is 54.6 Å². The second kappa shape index (κ2) is 9.10. The highest BCUT2D eigenvalue weighted by molar-refractivity contribution is 5.92. The highest BCUT2D eigenvalue weighted by atomic mass is 16.7. The van der Waals surface area contributed by atoms with Crippen LogP contribution in [0.15, 0.2) is 85.1 Å². The van der Waals surface area contributed by atoms with Crippen molar-refractivity contribution >= 4 is 10.8 Å². The van der Waals surface area contributed by atoms with Crippen molar-refractivity contribution in [2.45, 2.75) is 19.4 Å². The van der Waals surface area contributed by atoms with Crippen LogP contribution in [-0.2, 0) is 19.4 Å². The number of rotatable bonds is 5. The molecule has 0 unspecified atom stereocenters. The molecule has 188 valence electrons. The summed E-state index contributed by atoms with van der Waals surface area (Å²) in [5.41, 5.74) is 8.60. The van der Waals surface area contributed by atoms with Crippen LogP contribution in [-0.4, -0.2) is 21.0 Å². The number of benzene rings is 4. The zero-order chi connectivity index (χ0) is 25.6. The van der Waals surface area contributed by atoms with Gasteiger partial charge in [-0.3, -0.25) is 0 Å². The predicted octanol–water partition coefficient (Wildman–Crippen LogP) is 6.35. The van der Waals surface area contributed by atoms with Gasteiger partial charge in [0.2, 0.25) is 12.5 Å². The molecule has 0 saturated heterocycles. The van der Waals surface area contributed by atoms with Gasteiger partial charge in [0.15, 0.2) is 35.7 Å². The SMILES string of the molecule is COc1ccc2cc3[n+](cc2c1OC)CCc1c2c(cc(Cc4ccc(-c5ccccc5)cc4)c1-3)OCO2. The molecule has 1 aromatic heterocycles. The van der Waals surface area contributed by atoms with Crippen molar-refractivity contribution < 1.29 is 23.5 Å². The van der Waals surface area contributed by atoms with E-state index in [1.807, 2.05) is 12.1 Å². The standard InChI is InChI=1S/C33H28NO4/c1-35-29-13-12-24-17-28-31-25(16-21-8-10-23(11-9-21)22-6-4-3-5-7-22)18-30-33(38-20-37-30)26(31)14-15-34(28)19-27(24)32(29)36-2/h3-13,17-19H,14-16,20H2,1-2H3/q+1. The molecule has 4 aromatic carbocycles. The maximum absolute atomic E-state index is 5.97. The molecule has 0 aliphatic carbocycles. The molecule has 0 amide bonds. The van der Waals surface area contributed by atoms with Crippen molar-refractivity contribution in [3.63, 3.8) is 0 Å². The van der Waals surface area contributed by atoms with Gasteiger partial charge in [0.05, 0.1) is 25.2 Å². The Hall–Kier alpha value is -4.51. The van der Waals surface area contributed by atoms with Gasteiger partial charge in [-0.2, -0.15) is 4.57 Å². The Balaban J connectivity index is 1.35. The normalized spacial score (nSPS) is 13.2. The van der Waals surface area contributed by atoms with Gasteiger partial charge in [-0.25, -0.2) is 0 Å². The van der Waals surface area contributed by atoms with Crippen LogP contribution in [0.2, 0.25) is 0 Å². The number of hydrogen-bond donors (Lipinski definition) is 0. The van der Waals surface area contributed by atoms with Gasteiger partial charge in [0, 0.05) is 18.1 Å². The Morgan fingerprint density at radius 3 is 2.45 bits per heavy atom. The number of nitrogens with zero attached hydrogens (tertiary/aromatic N) is 1. The molecule has 0 N–H and O–H groups in total. The lowest BCUT2D eigenvalue weighted by Gasteiger charge is -2.21. The minimum absolute atomic E-state index is 0.270. The summed E-state index contributed by atoms with van der Waals surface area (Å²) in [5.74, 6) is 3.23. The van der Waals surface area contributed by atoms with Crippen molar-refractivity contribution in [2.24, 2.45) is 0 Å². The van der Waals surface area contributed by atoms with Crippen molar-refractivity contribution in [2.75, 3.05) is 21.0 Å². The van der Waals surface area contributed by atoms with Crippen LogP contribution in [0, 0.1) is 0 Å². The minimum atomic E-state index is 0.270. The summed E-state index contributed by atoms with van der Waals surface area (Å²) in [5, 5.41) is 2.15. The number of pyridine rings is 1. The molecular formula is C33H28NO4+. The fraction of sp³-hybridized carbons (Fsp3) is 0.182. The predicted molar refractivity (Wildman–Crippen MR) is 147 cm³/mol. The van der Waals surface area contributed by atoms with Crippen LogP contribution in [0.1, 0.15) is 16.7 Å². The first-order valence-electron chi connectivity index (χ1n) is 12.9. The topological polar surface area (TPSA) is 40.8 Å². The van der Waals surface area contributed by atoms with Crippen LogP contribution in [0.3, 0.4) is 0 Å². The Labute approximate surface area is 221 Å². The quantitative estimate of drug-likeness (QED) is 0.263. The van der Waals surface area contributed by atoms with Gasteiger partial charge in [-0.15, -0.1) is 0 Å². The van der Waals surface area contributed by atoms with Gasteiger partial charge in [0.25, 0.3) is 0 Å². The maximum atomic E-state index is 5.97. The van der Waals surface area contributed by atoms with E-state index in [2.05, 4.69) is 77.5 Å². The molecule has 3 heterocycles. The molecular weight excluding hydrogens is 474 g/mol. The summed E-state index contributed by atoms with van der Waals surface area (Å²) in [6, 6.07) is 27.9. The molecule has 38 heavy (non-hydrogen) atoms. The monoisotopic (exact) mass is 502 g/mol. The molecule has 7 rings (SSSR count). The summed E-state index contributed by atoms with van der Waals surface area (Å²) in [6.07, 6.45) is 3.87. The van der Waals surface area contributed by atoms with Crippen LogP contribution >= 0.6 is 0 Å². The summed E-state index contributed by atoms with van der Waals surface area (Å²) >= 11 is 0. The lowest BCUT2D eigenvalue weighted by molar-refractivity contribution is -0.686. The van der Waals surface area contributed by atoms with Crippen molar-refractivity contribution in [3.05, 3.63) is 102 Å². The summed E-state index contributed by atoms with van der Waals surface area (Å²) in [4.78, 5) is 0. The summed E-state index contributed by atoms with van der Waals surface area (Å²) < 4.78 is 25.5. The Morgan fingerprint density at radius 1 is 0.842 bits per heavy atom. The van der Waals surface area contributed by atoms with Gasteiger partial charge in [-0.05, 0) is 52.3 Å². The molecule has 0 bridgehead atoms. The number of ether oxygens (including phenoxy) is 4. The van der Waals surface area contributed by atoms with Crippen LogP contribution in [0.4, 0.5) is 0 Å². The number of aromatic nitrogens is 1. The lowest BCUT2D eigenvalue weighted by atomic mass is 9.87. The second-order valence-electron chi connectivity index (χ2n) is 9.77. The molecule has 5 heteroatoms. The van der Waals surface area contributed by atoms with E-state index in [0.29, 0.717) is 0 Å². The molecule has 0 spiro atoms. The van der Waals surface area contributed by atoms with Crippen molar-refractivity contribution in [3.8, 4) is 45.4 Å². The number of methoxy groups -OCH3 is 2. The summed E-state index contributed by atoms with van der Waals surface area (Å²) in [6.45, 7) is 1.12. The smallest absolute Gasteiger partial charge is 0.231 e. The fourth-order valence-corrected chi connectivity index (χ4v) is 5.85. The molecule has 5 nitrogen and oxygen atoms in total. The van der Waals surface area contributed by atoms with Crippen molar-refractivity contribution in [1.29, 1.82) is 0 Å². The molecule has 2 aliphatic heterocycles. The first-order valence-corrected chi connectivity index (χ1v) is 12.9. The Kier molecular flexibility index (Phi) is 5.43. The van der Waals surface area contributed by atoms with Crippen LogP contribution < -0.4 is 23.5 Å². The zero-order valence-corrected chi connectivity index (χ0v) is 21.5. The average Bonchev–Trinajstić information content (AvgIpc) is 3.45. The van der Waals surface area contributed by atoms with E-state index >= 15 is 0 Å². The third-order valence-corrected chi connectivity index (χ3v) is 7.66. The molecule has 0 fully saturated rings. The number of fused-ring (bicyclic) bond motifs is 6. The van der Waals surface area contributed by atoms with E-state index in [1.165, 1.54) is 39.1 Å². The van der Waals surface area contributed by atoms with Gasteiger partial charge >= 0.3 is 0 Å². The molecule has 0 saturated carbocycles. The van der Waals surface area contributed by atoms with Crippen LogP contribution in [0.5, 0.6) is 23.0 Å².